The third-order valence-corrected chi connectivity index (χ3v) is 0. The van der Waals surface area contributed by atoms with Gasteiger partial charge in [0.25, 0.3) is 12.4 Å². The van der Waals surface area contributed by atoms with Crippen molar-refractivity contribution >= 4 is 12.4 Å². The monoisotopic (exact) mass is 156 g/mol. The van der Waals surface area contributed by atoms with E-state index < -0.39 is 5.97 Å². The SMILES string of the molecule is CC(=O)O.CO.O.O=CO. The summed E-state index contributed by atoms with van der Waals surface area (Å²) in [6.07, 6.45) is 0. The van der Waals surface area contributed by atoms with Crippen LogP contribution in [-0.4, -0.2) is 40.3 Å². The predicted octanol–water partition coefficient (Wildman–Crippen LogP) is -1.42. The molecule has 0 atom stereocenters. The number of hydrogen-bond acceptors (Lipinski definition) is 3. The summed E-state index contributed by atoms with van der Waals surface area (Å²) in [7, 11) is 1.00. The Hall–Kier alpha value is -1.14. The molecule has 0 aromatic heterocycles. The smallest absolute Gasteiger partial charge is 0.300 e. The fraction of sp³-hybridized carbons (Fsp3) is 0.500. The van der Waals surface area contributed by atoms with E-state index in [4.69, 9.17) is 24.9 Å². The first-order valence-electron chi connectivity index (χ1n) is 1.87. The second-order valence-corrected chi connectivity index (χ2v) is 0.624. The maximum absolute atomic E-state index is 9.00. The summed E-state index contributed by atoms with van der Waals surface area (Å²) in [6, 6.07) is 0. The van der Waals surface area contributed by atoms with Crippen LogP contribution in [0, 0.1) is 0 Å². The minimum Gasteiger partial charge on any atom is -0.483 e. The van der Waals surface area contributed by atoms with Crippen molar-refractivity contribution in [2.45, 2.75) is 6.92 Å². The molecule has 0 spiro atoms. The van der Waals surface area contributed by atoms with Gasteiger partial charge < -0.3 is 20.8 Å². The third-order valence-electron chi connectivity index (χ3n) is 0. The van der Waals surface area contributed by atoms with Gasteiger partial charge >= 0.3 is 0 Å². The summed E-state index contributed by atoms with van der Waals surface area (Å²) in [6.45, 7) is 0.833. The molecule has 0 rings (SSSR count). The normalized spacial score (nSPS) is 4.30. The Labute approximate surface area is 58.0 Å². The molecule has 0 amide bonds. The zero-order chi connectivity index (χ0) is 8.28. The van der Waals surface area contributed by atoms with Crippen molar-refractivity contribution in [1.82, 2.24) is 0 Å². The Morgan fingerprint density at radius 3 is 1.40 bits per heavy atom. The van der Waals surface area contributed by atoms with Gasteiger partial charge in [0.15, 0.2) is 0 Å². The molecule has 0 aromatic carbocycles. The van der Waals surface area contributed by atoms with Gasteiger partial charge in [-0.05, 0) is 0 Å². The van der Waals surface area contributed by atoms with Gasteiger partial charge in [0.05, 0.1) is 0 Å². The van der Waals surface area contributed by atoms with Gasteiger partial charge in [0.2, 0.25) is 0 Å². The highest BCUT2D eigenvalue weighted by Gasteiger charge is 1.65. The summed E-state index contributed by atoms with van der Waals surface area (Å²) >= 11 is 0. The Morgan fingerprint density at radius 2 is 1.40 bits per heavy atom. The van der Waals surface area contributed by atoms with E-state index in [0.29, 0.717) is 0 Å². The number of aliphatic hydroxyl groups excluding tert-OH is 1. The molecule has 0 aromatic rings. The molecule has 6 nitrogen and oxygen atoms in total. The highest BCUT2D eigenvalue weighted by molar-refractivity contribution is 5.62. The van der Waals surface area contributed by atoms with Crippen LogP contribution in [0.2, 0.25) is 0 Å². The van der Waals surface area contributed by atoms with Gasteiger partial charge in [-0.1, -0.05) is 0 Å². The maximum Gasteiger partial charge on any atom is 0.300 e. The highest BCUT2D eigenvalue weighted by atomic mass is 16.4. The van der Waals surface area contributed by atoms with Crippen LogP contribution in [-0.2, 0) is 9.59 Å². The molecule has 0 aliphatic heterocycles. The average Bonchev–Trinajstić information content (AvgIpc) is 1.71. The van der Waals surface area contributed by atoms with Crippen molar-refractivity contribution in [2.75, 3.05) is 7.11 Å². The quantitative estimate of drug-likeness (QED) is 0.371. The van der Waals surface area contributed by atoms with Gasteiger partial charge in [0.1, 0.15) is 0 Å². The minimum atomic E-state index is -0.833. The van der Waals surface area contributed by atoms with Crippen LogP contribution in [0.5, 0.6) is 0 Å². The molecular formula is C4H12O6. The molecule has 0 aliphatic carbocycles. The van der Waals surface area contributed by atoms with E-state index in [1.807, 2.05) is 0 Å². The number of carboxylic acid groups (broad SMARTS) is 2. The largest absolute Gasteiger partial charge is 0.483 e. The molecule has 0 radical (unpaired) electrons. The van der Waals surface area contributed by atoms with E-state index in [1.165, 1.54) is 0 Å². The molecule has 0 saturated heterocycles. The Morgan fingerprint density at radius 1 is 1.40 bits per heavy atom. The number of hydrogen-bond donors (Lipinski definition) is 3. The van der Waals surface area contributed by atoms with Crippen LogP contribution in [0.3, 0.4) is 0 Å². The summed E-state index contributed by atoms with van der Waals surface area (Å²) < 4.78 is 0. The molecule has 0 unspecified atom stereocenters. The number of carboxylic acids is 1. The number of carbonyl (C=O) groups is 2. The third kappa shape index (κ3) is 181. The van der Waals surface area contributed by atoms with Crippen molar-refractivity contribution in [3.8, 4) is 0 Å². The standard InChI is InChI=1S/C2H4O2.CH2O2.CH4O.H2O/c1-2(3)4;2-1-3;1-2;/h1H3,(H,3,4);1H,(H,2,3);2H,1H3;1H2. The molecule has 0 aliphatic rings. The number of aliphatic hydroxyl groups is 1. The van der Waals surface area contributed by atoms with Gasteiger partial charge in [-0.2, -0.15) is 0 Å². The van der Waals surface area contributed by atoms with Gasteiger partial charge in [-0.15, -0.1) is 0 Å². The van der Waals surface area contributed by atoms with Crippen LogP contribution in [0.1, 0.15) is 6.92 Å². The summed E-state index contributed by atoms with van der Waals surface area (Å²) in [5, 5.41) is 21.3. The first-order valence-corrected chi connectivity index (χ1v) is 1.87. The summed E-state index contributed by atoms with van der Waals surface area (Å²) in [5.74, 6) is -0.833. The molecule has 0 bridgehead atoms. The Kier molecular flexibility index (Phi) is 105. The molecule has 5 N–H and O–H groups in total. The lowest BCUT2D eigenvalue weighted by atomic mass is 10.9. The fourth-order valence-corrected chi connectivity index (χ4v) is 0. The molecule has 0 saturated carbocycles. The van der Waals surface area contributed by atoms with Crippen molar-refractivity contribution in [2.24, 2.45) is 0 Å². The average molecular weight is 156 g/mol. The van der Waals surface area contributed by atoms with Gasteiger partial charge in [0, 0.05) is 14.0 Å². The molecule has 0 heterocycles. The van der Waals surface area contributed by atoms with E-state index in [0.717, 1.165) is 14.0 Å². The van der Waals surface area contributed by atoms with Crippen molar-refractivity contribution in [3.63, 3.8) is 0 Å². The lowest BCUT2D eigenvalue weighted by Crippen LogP contribution is -1.78. The van der Waals surface area contributed by atoms with E-state index in [9.17, 15) is 0 Å². The van der Waals surface area contributed by atoms with Crippen LogP contribution in [0.25, 0.3) is 0 Å². The fourth-order valence-electron chi connectivity index (χ4n) is 0. The zero-order valence-corrected chi connectivity index (χ0v) is 5.74. The second kappa shape index (κ2) is 45.2. The summed E-state index contributed by atoms with van der Waals surface area (Å²) in [4.78, 5) is 17.4. The first kappa shape index (κ1) is 23.2. The number of rotatable bonds is 0. The van der Waals surface area contributed by atoms with Gasteiger partial charge in [-0.25, -0.2) is 0 Å². The van der Waals surface area contributed by atoms with E-state index in [2.05, 4.69) is 0 Å². The lowest BCUT2D eigenvalue weighted by Gasteiger charge is -1.59. The van der Waals surface area contributed by atoms with Crippen molar-refractivity contribution in [3.05, 3.63) is 0 Å². The van der Waals surface area contributed by atoms with Crippen LogP contribution in [0.4, 0.5) is 0 Å². The van der Waals surface area contributed by atoms with Crippen LogP contribution < -0.4 is 0 Å². The molecule has 64 valence electrons. The Balaban J connectivity index is -0.0000000273. The lowest BCUT2D eigenvalue weighted by molar-refractivity contribution is -0.134. The van der Waals surface area contributed by atoms with E-state index in [1.54, 1.807) is 0 Å². The topological polar surface area (TPSA) is 126 Å². The molecule has 0 fully saturated rings. The molecule has 6 heteroatoms. The highest BCUT2D eigenvalue weighted by Crippen LogP contribution is 1.42. The maximum atomic E-state index is 9.00. The minimum absolute atomic E-state index is 0. The molecule has 10 heavy (non-hydrogen) atoms. The Bertz CT molecular complexity index is 56.8. The van der Waals surface area contributed by atoms with Gasteiger partial charge in [-0.3, -0.25) is 9.59 Å². The first-order chi connectivity index (χ1) is 4.15. The second-order valence-electron chi connectivity index (χ2n) is 0.624. The van der Waals surface area contributed by atoms with E-state index >= 15 is 0 Å². The van der Waals surface area contributed by atoms with Crippen LogP contribution in [0.15, 0.2) is 0 Å². The van der Waals surface area contributed by atoms with E-state index in [-0.39, 0.29) is 11.9 Å². The number of aliphatic carboxylic acids is 1. The van der Waals surface area contributed by atoms with Crippen molar-refractivity contribution in [1.29, 1.82) is 0 Å². The predicted molar refractivity (Wildman–Crippen MR) is 33.8 cm³/mol. The summed E-state index contributed by atoms with van der Waals surface area (Å²) in [5.41, 5.74) is 0. The molecular weight excluding hydrogens is 144 g/mol. The zero-order valence-electron chi connectivity index (χ0n) is 5.74. The van der Waals surface area contributed by atoms with Crippen molar-refractivity contribution < 1.29 is 30.4 Å². The van der Waals surface area contributed by atoms with Crippen LogP contribution >= 0.6 is 0 Å².